The number of hydrogen-bond acceptors (Lipinski definition) is 4. The molecule has 0 spiro atoms. The summed E-state index contributed by atoms with van der Waals surface area (Å²) >= 11 is 0. The van der Waals surface area contributed by atoms with Crippen LogP contribution in [0.15, 0.2) is 0 Å². The molecular weight excluding hydrogens is 282 g/mol. The fourth-order valence-electron chi connectivity index (χ4n) is 2.89. The fraction of sp³-hybridized carbons (Fsp3) is 0.875. The number of carbonyl (C=O) groups excluding carboxylic acids is 2. The lowest BCUT2D eigenvalue weighted by atomic mass is 9.94. The molecule has 1 fully saturated rings. The van der Waals surface area contributed by atoms with Gasteiger partial charge in [-0.05, 0) is 59.0 Å². The molecule has 1 saturated heterocycles. The van der Waals surface area contributed by atoms with Crippen molar-refractivity contribution >= 4 is 12.0 Å². The number of carbonyl (C=O) groups is 2. The van der Waals surface area contributed by atoms with Crippen LogP contribution in [-0.2, 0) is 9.53 Å². The normalized spacial score (nSPS) is 18.8. The van der Waals surface area contributed by atoms with Crippen molar-refractivity contribution in [3.05, 3.63) is 0 Å². The van der Waals surface area contributed by atoms with E-state index in [9.17, 15) is 9.59 Å². The average Bonchev–Trinajstić information content (AvgIpc) is 2.39. The summed E-state index contributed by atoms with van der Waals surface area (Å²) in [6.07, 6.45) is 2.41. The Morgan fingerprint density at radius 3 is 2.27 bits per heavy atom. The summed E-state index contributed by atoms with van der Waals surface area (Å²) in [4.78, 5) is 27.2. The van der Waals surface area contributed by atoms with Gasteiger partial charge in [0.2, 0.25) is 5.91 Å². The molecule has 0 aromatic carbocycles. The monoisotopic (exact) mass is 313 g/mol. The van der Waals surface area contributed by atoms with Gasteiger partial charge in [0.1, 0.15) is 5.60 Å². The van der Waals surface area contributed by atoms with E-state index in [0.29, 0.717) is 12.5 Å². The number of nitrogens with two attached hydrogens (primary N) is 1. The zero-order valence-corrected chi connectivity index (χ0v) is 14.6. The standard InChI is InChI=1S/C16H31N3O3/c1-6-13(14(17)20)19-9-7-12(8-10-19)11-18(5)15(21)22-16(2,3)4/h12-13H,6-11H2,1-5H3,(H2,17,20). The Balaban J connectivity index is 2.42. The molecule has 0 aromatic rings. The Morgan fingerprint density at radius 2 is 1.86 bits per heavy atom. The van der Waals surface area contributed by atoms with Crippen LogP contribution in [0.3, 0.4) is 0 Å². The van der Waals surface area contributed by atoms with Gasteiger partial charge in [-0.3, -0.25) is 9.69 Å². The largest absolute Gasteiger partial charge is 0.444 e. The molecule has 22 heavy (non-hydrogen) atoms. The molecule has 0 bridgehead atoms. The van der Waals surface area contributed by atoms with E-state index in [1.54, 1.807) is 11.9 Å². The number of likely N-dealkylation sites (tertiary alicyclic amines) is 1. The van der Waals surface area contributed by atoms with E-state index < -0.39 is 5.60 Å². The molecular formula is C16H31N3O3. The quantitative estimate of drug-likeness (QED) is 0.840. The van der Waals surface area contributed by atoms with Crippen LogP contribution in [0.25, 0.3) is 0 Å². The van der Waals surface area contributed by atoms with Crippen molar-refractivity contribution < 1.29 is 14.3 Å². The first-order chi connectivity index (χ1) is 10.1. The summed E-state index contributed by atoms with van der Waals surface area (Å²) in [5.74, 6) is 0.200. The van der Waals surface area contributed by atoms with Crippen LogP contribution in [-0.4, -0.2) is 60.1 Å². The first-order valence-electron chi connectivity index (χ1n) is 8.11. The van der Waals surface area contributed by atoms with Crippen molar-refractivity contribution in [3.63, 3.8) is 0 Å². The summed E-state index contributed by atoms with van der Waals surface area (Å²) < 4.78 is 5.36. The van der Waals surface area contributed by atoms with Crippen molar-refractivity contribution in [2.45, 2.75) is 58.6 Å². The Bertz CT molecular complexity index is 385. The first-order valence-corrected chi connectivity index (χ1v) is 8.11. The van der Waals surface area contributed by atoms with Crippen LogP contribution >= 0.6 is 0 Å². The molecule has 0 radical (unpaired) electrons. The summed E-state index contributed by atoms with van der Waals surface area (Å²) in [6, 6.07) is -0.162. The molecule has 1 aliphatic heterocycles. The van der Waals surface area contributed by atoms with Gasteiger partial charge in [0.15, 0.2) is 0 Å². The number of ether oxygens (including phenoxy) is 1. The minimum Gasteiger partial charge on any atom is -0.444 e. The molecule has 1 heterocycles. The molecule has 0 aliphatic carbocycles. The van der Waals surface area contributed by atoms with E-state index >= 15 is 0 Å². The van der Waals surface area contributed by atoms with E-state index in [4.69, 9.17) is 10.5 Å². The predicted molar refractivity (Wildman–Crippen MR) is 86.4 cm³/mol. The Kier molecular flexibility index (Phi) is 6.66. The molecule has 1 atom stereocenters. The van der Waals surface area contributed by atoms with Gasteiger partial charge in [-0.1, -0.05) is 6.92 Å². The fourth-order valence-corrected chi connectivity index (χ4v) is 2.89. The van der Waals surface area contributed by atoms with Crippen LogP contribution in [0.4, 0.5) is 4.79 Å². The molecule has 6 nitrogen and oxygen atoms in total. The highest BCUT2D eigenvalue weighted by Crippen LogP contribution is 2.21. The molecule has 1 aliphatic rings. The second-order valence-corrected chi connectivity index (χ2v) is 7.17. The molecule has 6 heteroatoms. The predicted octanol–water partition coefficient (Wildman–Crippen LogP) is 1.83. The van der Waals surface area contributed by atoms with Crippen LogP contribution in [0.5, 0.6) is 0 Å². The zero-order chi connectivity index (χ0) is 16.9. The van der Waals surface area contributed by atoms with Crippen molar-refractivity contribution in [1.29, 1.82) is 0 Å². The number of hydrogen-bond donors (Lipinski definition) is 1. The lowest BCUT2D eigenvalue weighted by molar-refractivity contribution is -0.124. The summed E-state index contributed by atoms with van der Waals surface area (Å²) in [5.41, 5.74) is 4.97. The highest BCUT2D eigenvalue weighted by Gasteiger charge is 2.29. The summed E-state index contributed by atoms with van der Waals surface area (Å²) in [7, 11) is 1.78. The number of primary amides is 1. The van der Waals surface area contributed by atoms with Gasteiger partial charge in [-0.2, -0.15) is 0 Å². The van der Waals surface area contributed by atoms with Gasteiger partial charge in [0.25, 0.3) is 0 Å². The van der Waals surface area contributed by atoms with Crippen LogP contribution in [0.2, 0.25) is 0 Å². The van der Waals surface area contributed by atoms with Gasteiger partial charge in [-0.25, -0.2) is 4.79 Å². The minimum atomic E-state index is -0.468. The topological polar surface area (TPSA) is 75.9 Å². The molecule has 0 saturated carbocycles. The average molecular weight is 313 g/mol. The van der Waals surface area contributed by atoms with E-state index in [1.807, 2.05) is 27.7 Å². The molecule has 0 aromatic heterocycles. The number of nitrogens with zero attached hydrogens (tertiary/aromatic N) is 2. The third-order valence-electron chi connectivity index (χ3n) is 4.04. The Morgan fingerprint density at radius 1 is 1.32 bits per heavy atom. The van der Waals surface area contributed by atoms with Crippen LogP contribution in [0, 0.1) is 5.92 Å². The second kappa shape index (κ2) is 7.81. The van der Waals surface area contributed by atoms with Crippen molar-refractivity contribution in [1.82, 2.24) is 9.80 Å². The SMILES string of the molecule is CCC(C(N)=O)N1CCC(CN(C)C(=O)OC(C)(C)C)CC1. The maximum Gasteiger partial charge on any atom is 0.410 e. The van der Waals surface area contributed by atoms with Gasteiger partial charge >= 0.3 is 6.09 Å². The molecule has 1 unspecified atom stereocenters. The maximum atomic E-state index is 12.0. The number of amides is 2. The van der Waals surface area contributed by atoms with Gasteiger partial charge in [0, 0.05) is 13.6 Å². The third-order valence-corrected chi connectivity index (χ3v) is 4.04. The van der Waals surface area contributed by atoms with Gasteiger partial charge in [0.05, 0.1) is 6.04 Å². The van der Waals surface area contributed by atoms with Crippen molar-refractivity contribution in [2.75, 3.05) is 26.7 Å². The highest BCUT2D eigenvalue weighted by molar-refractivity contribution is 5.79. The second-order valence-electron chi connectivity index (χ2n) is 7.17. The maximum absolute atomic E-state index is 12.0. The summed E-state index contributed by atoms with van der Waals surface area (Å²) in [5, 5.41) is 0. The van der Waals surface area contributed by atoms with Gasteiger partial charge < -0.3 is 15.4 Å². The van der Waals surface area contributed by atoms with Crippen LogP contribution < -0.4 is 5.73 Å². The lowest BCUT2D eigenvalue weighted by Gasteiger charge is -2.37. The van der Waals surface area contributed by atoms with E-state index in [-0.39, 0.29) is 18.0 Å². The number of piperidine rings is 1. The van der Waals surface area contributed by atoms with E-state index in [1.165, 1.54) is 0 Å². The number of rotatable bonds is 5. The smallest absolute Gasteiger partial charge is 0.410 e. The first kappa shape index (κ1) is 18.7. The van der Waals surface area contributed by atoms with E-state index in [0.717, 1.165) is 32.4 Å². The molecule has 1 rings (SSSR count). The Labute approximate surface area is 134 Å². The van der Waals surface area contributed by atoms with Crippen molar-refractivity contribution in [3.8, 4) is 0 Å². The zero-order valence-electron chi connectivity index (χ0n) is 14.6. The molecule has 2 N–H and O–H groups in total. The third kappa shape index (κ3) is 5.83. The minimum absolute atomic E-state index is 0.162. The highest BCUT2D eigenvalue weighted by atomic mass is 16.6. The summed E-state index contributed by atoms with van der Waals surface area (Å²) in [6.45, 7) is 9.99. The molecule has 128 valence electrons. The van der Waals surface area contributed by atoms with Gasteiger partial charge in [-0.15, -0.1) is 0 Å². The van der Waals surface area contributed by atoms with Crippen molar-refractivity contribution in [2.24, 2.45) is 11.7 Å². The van der Waals surface area contributed by atoms with Crippen LogP contribution in [0.1, 0.15) is 47.0 Å². The molecule has 2 amide bonds. The lowest BCUT2D eigenvalue weighted by Crippen LogP contribution is -2.49. The Hall–Kier alpha value is -1.30. The van der Waals surface area contributed by atoms with E-state index in [2.05, 4.69) is 4.90 Å².